The summed E-state index contributed by atoms with van der Waals surface area (Å²) in [6, 6.07) is 21.1. The summed E-state index contributed by atoms with van der Waals surface area (Å²) >= 11 is 0. The molecule has 0 aliphatic heterocycles. The van der Waals surface area contributed by atoms with Crippen molar-refractivity contribution in [2.75, 3.05) is 39.1 Å². The maximum atomic E-state index is 4.85. The van der Waals surface area contributed by atoms with Crippen LogP contribution < -0.4 is 4.90 Å². The Balaban J connectivity index is 0.00000208. The van der Waals surface area contributed by atoms with Crippen LogP contribution in [0.25, 0.3) is 22.0 Å². The van der Waals surface area contributed by atoms with Gasteiger partial charge in [0.1, 0.15) is 5.82 Å². The monoisotopic (exact) mass is 341 g/mol. The van der Waals surface area contributed by atoms with Crippen LogP contribution >= 0.6 is 12.4 Å². The quantitative estimate of drug-likeness (QED) is 0.689. The molecule has 0 saturated carbocycles. The summed E-state index contributed by atoms with van der Waals surface area (Å²) in [5.41, 5.74) is 3.51. The first-order valence-electron chi connectivity index (χ1n) is 7.96. The van der Waals surface area contributed by atoms with Gasteiger partial charge >= 0.3 is 0 Å². The van der Waals surface area contributed by atoms with Crippen LogP contribution in [0.4, 0.5) is 5.82 Å². The molecule has 0 fully saturated rings. The van der Waals surface area contributed by atoms with Crippen LogP contribution in [0.3, 0.4) is 0 Å². The van der Waals surface area contributed by atoms with Crippen molar-refractivity contribution >= 4 is 29.1 Å². The van der Waals surface area contributed by atoms with Crippen molar-refractivity contribution in [3.05, 3.63) is 60.7 Å². The van der Waals surface area contributed by atoms with Crippen molar-refractivity contribution in [3.8, 4) is 11.1 Å². The molecule has 0 unspecified atom stereocenters. The van der Waals surface area contributed by atoms with Crippen LogP contribution in [0, 0.1) is 0 Å². The molecule has 3 nitrogen and oxygen atoms in total. The number of aromatic nitrogens is 1. The SMILES string of the molecule is CN(C)CCN(C)c1cc(-c2ccccc2)c2ccccc2n1.Cl. The lowest BCUT2D eigenvalue weighted by Gasteiger charge is -2.22. The highest BCUT2D eigenvalue weighted by molar-refractivity contribution is 5.96. The Bertz CT molecular complexity index is 787. The minimum atomic E-state index is 0. The molecular formula is C20H24ClN3. The molecule has 0 amide bonds. The second-order valence-electron chi connectivity index (χ2n) is 6.14. The first kappa shape index (κ1) is 18.2. The molecule has 4 heteroatoms. The number of para-hydroxylation sites is 1. The molecule has 0 radical (unpaired) electrons. The number of pyridine rings is 1. The number of benzene rings is 2. The Morgan fingerprint density at radius 3 is 2.21 bits per heavy atom. The van der Waals surface area contributed by atoms with Crippen molar-refractivity contribution in [2.24, 2.45) is 0 Å². The van der Waals surface area contributed by atoms with Crippen molar-refractivity contribution in [2.45, 2.75) is 0 Å². The van der Waals surface area contributed by atoms with Crippen LogP contribution in [0.1, 0.15) is 0 Å². The number of rotatable bonds is 5. The molecule has 0 aliphatic rings. The minimum Gasteiger partial charge on any atom is -0.358 e. The lowest BCUT2D eigenvalue weighted by Crippen LogP contribution is -2.29. The van der Waals surface area contributed by atoms with Gasteiger partial charge in [0.05, 0.1) is 5.52 Å². The molecule has 2 aromatic carbocycles. The largest absolute Gasteiger partial charge is 0.358 e. The zero-order chi connectivity index (χ0) is 16.2. The van der Waals surface area contributed by atoms with Gasteiger partial charge in [-0.3, -0.25) is 0 Å². The number of anilines is 1. The van der Waals surface area contributed by atoms with Crippen molar-refractivity contribution in [3.63, 3.8) is 0 Å². The maximum absolute atomic E-state index is 4.85. The molecule has 0 atom stereocenters. The number of likely N-dealkylation sites (N-methyl/N-ethyl adjacent to an activating group) is 2. The van der Waals surface area contributed by atoms with E-state index < -0.39 is 0 Å². The van der Waals surface area contributed by atoms with E-state index in [9.17, 15) is 0 Å². The van der Waals surface area contributed by atoms with Gasteiger partial charge in [0.25, 0.3) is 0 Å². The number of halogens is 1. The van der Waals surface area contributed by atoms with Crippen LogP contribution in [0.5, 0.6) is 0 Å². The van der Waals surface area contributed by atoms with Gasteiger partial charge in [0, 0.05) is 25.5 Å². The molecule has 0 N–H and O–H groups in total. The number of nitrogens with zero attached hydrogens (tertiary/aromatic N) is 3. The van der Waals surface area contributed by atoms with Gasteiger partial charge in [0.2, 0.25) is 0 Å². The average Bonchev–Trinajstić information content (AvgIpc) is 2.59. The van der Waals surface area contributed by atoms with Gasteiger partial charge in [-0.05, 0) is 37.4 Å². The van der Waals surface area contributed by atoms with Crippen molar-refractivity contribution in [1.82, 2.24) is 9.88 Å². The zero-order valence-electron chi connectivity index (χ0n) is 14.4. The summed E-state index contributed by atoms with van der Waals surface area (Å²) in [7, 11) is 6.30. The highest BCUT2D eigenvalue weighted by Gasteiger charge is 2.10. The Kier molecular flexibility index (Phi) is 6.18. The van der Waals surface area contributed by atoms with Crippen LogP contribution in [0.2, 0.25) is 0 Å². The second-order valence-corrected chi connectivity index (χ2v) is 6.14. The third kappa shape index (κ3) is 4.05. The summed E-state index contributed by atoms with van der Waals surface area (Å²) in [5, 5.41) is 1.20. The summed E-state index contributed by atoms with van der Waals surface area (Å²) < 4.78 is 0. The predicted molar refractivity (Wildman–Crippen MR) is 106 cm³/mol. The summed E-state index contributed by atoms with van der Waals surface area (Å²) in [6.07, 6.45) is 0. The van der Waals surface area contributed by atoms with E-state index in [0.717, 1.165) is 24.4 Å². The van der Waals surface area contributed by atoms with Gasteiger partial charge in [-0.1, -0.05) is 48.5 Å². The number of hydrogen-bond acceptors (Lipinski definition) is 3. The predicted octanol–water partition coefficient (Wildman–Crippen LogP) is 4.32. The molecule has 0 spiro atoms. The van der Waals surface area contributed by atoms with E-state index in [2.05, 4.69) is 85.5 Å². The molecule has 3 rings (SSSR count). The van der Waals surface area contributed by atoms with E-state index in [1.807, 2.05) is 6.07 Å². The van der Waals surface area contributed by atoms with Gasteiger partial charge in [-0.15, -0.1) is 12.4 Å². The summed E-state index contributed by atoms with van der Waals surface area (Å²) in [5.74, 6) is 1.02. The van der Waals surface area contributed by atoms with E-state index in [1.165, 1.54) is 16.5 Å². The van der Waals surface area contributed by atoms with Gasteiger partial charge < -0.3 is 9.80 Å². The fourth-order valence-corrected chi connectivity index (χ4v) is 2.68. The summed E-state index contributed by atoms with van der Waals surface area (Å²) in [6.45, 7) is 1.96. The molecule has 1 aromatic heterocycles. The Morgan fingerprint density at radius 1 is 0.833 bits per heavy atom. The lowest BCUT2D eigenvalue weighted by atomic mass is 10.0. The smallest absolute Gasteiger partial charge is 0.129 e. The third-order valence-corrected chi connectivity index (χ3v) is 4.06. The van der Waals surface area contributed by atoms with Crippen molar-refractivity contribution < 1.29 is 0 Å². The first-order chi connectivity index (χ1) is 11.1. The standard InChI is InChI=1S/C20H23N3.ClH/c1-22(2)13-14-23(3)20-15-18(16-9-5-4-6-10-16)17-11-7-8-12-19(17)21-20;/h4-12,15H,13-14H2,1-3H3;1H. The zero-order valence-corrected chi connectivity index (χ0v) is 15.3. The van der Waals surface area contributed by atoms with Crippen LogP contribution in [-0.2, 0) is 0 Å². The topological polar surface area (TPSA) is 19.4 Å². The average molecular weight is 342 g/mol. The van der Waals surface area contributed by atoms with Crippen LogP contribution in [-0.4, -0.2) is 44.1 Å². The highest BCUT2D eigenvalue weighted by Crippen LogP contribution is 2.30. The molecular weight excluding hydrogens is 318 g/mol. The lowest BCUT2D eigenvalue weighted by molar-refractivity contribution is 0.416. The molecule has 3 aromatic rings. The minimum absolute atomic E-state index is 0. The van der Waals surface area contributed by atoms with E-state index in [-0.39, 0.29) is 12.4 Å². The summed E-state index contributed by atoms with van der Waals surface area (Å²) in [4.78, 5) is 9.26. The van der Waals surface area contributed by atoms with E-state index in [0.29, 0.717) is 0 Å². The number of hydrogen-bond donors (Lipinski definition) is 0. The maximum Gasteiger partial charge on any atom is 0.129 e. The van der Waals surface area contributed by atoms with Gasteiger partial charge in [-0.25, -0.2) is 4.98 Å². The molecule has 0 bridgehead atoms. The molecule has 0 aliphatic carbocycles. The van der Waals surface area contributed by atoms with E-state index in [1.54, 1.807) is 0 Å². The van der Waals surface area contributed by atoms with Crippen molar-refractivity contribution in [1.29, 1.82) is 0 Å². The Morgan fingerprint density at radius 2 is 1.50 bits per heavy atom. The first-order valence-corrected chi connectivity index (χ1v) is 7.96. The number of fused-ring (bicyclic) bond motifs is 1. The molecule has 126 valence electrons. The Hall–Kier alpha value is -2.10. The van der Waals surface area contributed by atoms with E-state index in [4.69, 9.17) is 4.98 Å². The fourth-order valence-electron chi connectivity index (χ4n) is 2.68. The van der Waals surface area contributed by atoms with Crippen LogP contribution in [0.15, 0.2) is 60.7 Å². The fraction of sp³-hybridized carbons (Fsp3) is 0.250. The highest BCUT2D eigenvalue weighted by atomic mass is 35.5. The third-order valence-electron chi connectivity index (χ3n) is 4.06. The molecule has 1 heterocycles. The normalized spacial score (nSPS) is 10.7. The molecule has 0 saturated heterocycles. The second kappa shape index (κ2) is 8.13. The Labute approximate surface area is 150 Å². The van der Waals surface area contributed by atoms with E-state index >= 15 is 0 Å². The molecule has 24 heavy (non-hydrogen) atoms. The van der Waals surface area contributed by atoms with Gasteiger partial charge in [-0.2, -0.15) is 0 Å². The van der Waals surface area contributed by atoms with Gasteiger partial charge in [0.15, 0.2) is 0 Å².